The van der Waals surface area contributed by atoms with Crippen LogP contribution < -0.4 is 5.32 Å². The van der Waals surface area contributed by atoms with Crippen LogP contribution in [0.2, 0.25) is 5.02 Å². The number of rotatable bonds is 5. The predicted molar refractivity (Wildman–Crippen MR) is 114 cm³/mol. The summed E-state index contributed by atoms with van der Waals surface area (Å²) in [6.07, 6.45) is 0. The van der Waals surface area contributed by atoms with E-state index in [0.29, 0.717) is 31.7 Å². The van der Waals surface area contributed by atoms with Gasteiger partial charge >= 0.3 is 5.97 Å². The molecule has 0 bridgehead atoms. The first kappa shape index (κ1) is 19.9. The van der Waals surface area contributed by atoms with E-state index in [9.17, 15) is 10.0 Å². The zero-order chi connectivity index (χ0) is 20.3. The van der Waals surface area contributed by atoms with E-state index in [4.69, 9.17) is 16.3 Å². The second kappa shape index (κ2) is 8.46. The Labute approximate surface area is 172 Å². The lowest BCUT2D eigenvalue weighted by atomic mass is 10.0. The van der Waals surface area contributed by atoms with Crippen molar-refractivity contribution in [1.29, 1.82) is 0 Å². The van der Waals surface area contributed by atoms with Gasteiger partial charge in [-0.3, -0.25) is 0 Å². The van der Waals surface area contributed by atoms with Crippen molar-refractivity contribution in [1.82, 2.24) is 0 Å². The average molecular weight is 415 g/mol. The first-order valence-electron chi connectivity index (χ1n) is 8.48. The van der Waals surface area contributed by atoms with Crippen molar-refractivity contribution < 1.29 is 14.7 Å². The van der Waals surface area contributed by atoms with E-state index in [-0.39, 0.29) is 0 Å². The highest BCUT2D eigenvalue weighted by atomic mass is 35.5. The molecule has 28 heavy (non-hydrogen) atoms. The van der Waals surface area contributed by atoms with E-state index >= 15 is 0 Å². The molecule has 7 heteroatoms. The van der Waals surface area contributed by atoms with Gasteiger partial charge in [0.25, 0.3) is 0 Å². The number of nitrogens with one attached hydrogen (secondary N) is 1. The SMILES string of the molecule is COC(=O)c1c(Nc2ccc(Cl)cc2)sc(/C(=N\O)c2ccc(C)cc2)c1C. The van der Waals surface area contributed by atoms with Crippen LogP contribution in [0.3, 0.4) is 0 Å². The molecule has 0 aliphatic heterocycles. The largest absolute Gasteiger partial charge is 0.465 e. The molecule has 1 aromatic heterocycles. The van der Waals surface area contributed by atoms with Crippen molar-refractivity contribution in [2.24, 2.45) is 5.16 Å². The number of benzene rings is 2. The second-order valence-electron chi connectivity index (χ2n) is 6.20. The summed E-state index contributed by atoms with van der Waals surface area (Å²) in [5.41, 5.74) is 4.13. The molecule has 0 radical (unpaired) electrons. The second-order valence-corrected chi connectivity index (χ2v) is 7.66. The predicted octanol–water partition coefficient (Wildman–Crippen LogP) is 5.78. The van der Waals surface area contributed by atoms with Crippen molar-refractivity contribution >= 4 is 45.3 Å². The molecule has 144 valence electrons. The van der Waals surface area contributed by atoms with Gasteiger partial charge in [-0.2, -0.15) is 0 Å². The number of nitrogens with zero attached hydrogens (tertiary/aromatic N) is 1. The zero-order valence-electron chi connectivity index (χ0n) is 15.6. The van der Waals surface area contributed by atoms with Crippen LogP contribution in [0.1, 0.15) is 31.9 Å². The number of carbonyl (C=O) groups is 1. The van der Waals surface area contributed by atoms with Gasteiger partial charge < -0.3 is 15.3 Å². The Balaban J connectivity index is 2.09. The molecule has 0 amide bonds. The molecular formula is C21H19ClN2O3S. The highest BCUT2D eigenvalue weighted by Crippen LogP contribution is 2.37. The molecule has 3 aromatic rings. The first-order valence-corrected chi connectivity index (χ1v) is 9.67. The minimum absolute atomic E-state index is 0.400. The molecule has 3 rings (SSSR count). The van der Waals surface area contributed by atoms with Crippen LogP contribution in [-0.4, -0.2) is 24.0 Å². The zero-order valence-corrected chi connectivity index (χ0v) is 17.2. The third-order valence-corrected chi connectivity index (χ3v) is 5.74. The fourth-order valence-electron chi connectivity index (χ4n) is 2.79. The number of methoxy groups -OCH3 is 1. The molecule has 0 saturated carbocycles. The van der Waals surface area contributed by atoms with Gasteiger partial charge in [0.05, 0.1) is 17.6 Å². The Bertz CT molecular complexity index is 1030. The molecule has 0 unspecified atom stereocenters. The highest BCUT2D eigenvalue weighted by Gasteiger charge is 2.25. The van der Waals surface area contributed by atoms with E-state index in [1.165, 1.54) is 18.4 Å². The summed E-state index contributed by atoms with van der Waals surface area (Å²) in [6, 6.07) is 14.8. The summed E-state index contributed by atoms with van der Waals surface area (Å²) >= 11 is 7.27. The Morgan fingerprint density at radius 1 is 1.11 bits per heavy atom. The van der Waals surface area contributed by atoms with Crippen molar-refractivity contribution in [2.45, 2.75) is 13.8 Å². The summed E-state index contributed by atoms with van der Waals surface area (Å²) < 4.78 is 4.97. The van der Waals surface area contributed by atoms with Crippen LogP contribution in [0, 0.1) is 13.8 Å². The molecular weight excluding hydrogens is 396 g/mol. The average Bonchev–Trinajstić information content (AvgIpc) is 3.01. The van der Waals surface area contributed by atoms with Gasteiger partial charge in [-0.05, 0) is 43.7 Å². The van der Waals surface area contributed by atoms with Gasteiger partial charge in [0.15, 0.2) is 0 Å². The van der Waals surface area contributed by atoms with E-state index < -0.39 is 5.97 Å². The summed E-state index contributed by atoms with van der Waals surface area (Å²) in [5, 5.41) is 17.7. The Hall–Kier alpha value is -2.83. The number of ether oxygens (including phenoxy) is 1. The first-order chi connectivity index (χ1) is 13.4. The molecule has 0 atom stereocenters. The lowest BCUT2D eigenvalue weighted by Gasteiger charge is -2.07. The lowest BCUT2D eigenvalue weighted by Crippen LogP contribution is -2.07. The maximum absolute atomic E-state index is 12.4. The number of anilines is 2. The van der Waals surface area contributed by atoms with E-state index in [2.05, 4.69) is 10.5 Å². The van der Waals surface area contributed by atoms with E-state index in [1.54, 1.807) is 12.1 Å². The minimum Gasteiger partial charge on any atom is -0.465 e. The minimum atomic E-state index is -0.461. The third-order valence-electron chi connectivity index (χ3n) is 4.28. The van der Waals surface area contributed by atoms with Gasteiger partial charge in [0.1, 0.15) is 10.7 Å². The van der Waals surface area contributed by atoms with E-state index in [1.807, 2.05) is 50.2 Å². The molecule has 0 aliphatic rings. The Kier molecular flexibility index (Phi) is 6.02. The maximum Gasteiger partial charge on any atom is 0.341 e. The number of oxime groups is 1. The Morgan fingerprint density at radius 2 is 1.75 bits per heavy atom. The van der Waals surface area contributed by atoms with Crippen molar-refractivity contribution in [3.05, 3.63) is 80.7 Å². The van der Waals surface area contributed by atoms with Crippen LogP contribution in [0.15, 0.2) is 53.7 Å². The summed E-state index contributed by atoms with van der Waals surface area (Å²) in [7, 11) is 1.34. The number of hydrogen-bond acceptors (Lipinski definition) is 6. The van der Waals surface area contributed by atoms with Gasteiger partial charge in [-0.25, -0.2) is 4.79 Å². The van der Waals surface area contributed by atoms with E-state index in [0.717, 1.165) is 16.8 Å². The van der Waals surface area contributed by atoms with Crippen molar-refractivity contribution in [3.8, 4) is 0 Å². The number of carbonyl (C=O) groups excluding carboxylic acids is 1. The number of hydrogen-bond donors (Lipinski definition) is 2. The van der Waals surface area contributed by atoms with Crippen LogP contribution >= 0.6 is 22.9 Å². The number of thiophene rings is 1. The molecule has 0 fully saturated rings. The molecule has 0 aliphatic carbocycles. The quantitative estimate of drug-likeness (QED) is 0.240. The monoisotopic (exact) mass is 414 g/mol. The van der Waals surface area contributed by atoms with Crippen LogP contribution in [0.5, 0.6) is 0 Å². The lowest BCUT2D eigenvalue weighted by molar-refractivity contribution is 0.0601. The summed E-state index contributed by atoms with van der Waals surface area (Å²) in [5.74, 6) is -0.461. The smallest absolute Gasteiger partial charge is 0.341 e. The molecule has 5 nitrogen and oxygen atoms in total. The molecule has 0 saturated heterocycles. The molecule has 2 aromatic carbocycles. The normalized spacial score (nSPS) is 11.4. The van der Waals surface area contributed by atoms with Gasteiger partial charge in [-0.15, -0.1) is 11.3 Å². The molecule has 0 spiro atoms. The van der Waals surface area contributed by atoms with Gasteiger partial charge in [0.2, 0.25) is 0 Å². The van der Waals surface area contributed by atoms with Crippen LogP contribution in [-0.2, 0) is 4.74 Å². The third kappa shape index (κ3) is 4.03. The topological polar surface area (TPSA) is 70.9 Å². The van der Waals surface area contributed by atoms with Crippen molar-refractivity contribution in [2.75, 3.05) is 12.4 Å². The number of esters is 1. The fourth-order valence-corrected chi connectivity index (χ4v) is 4.13. The molecule has 1 heterocycles. The van der Waals surface area contributed by atoms with Crippen LogP contribution in [0.4, 0.5) is 10.7 Å². The molecule has 2 N–H and O–H groups in total. The highest BCUT2D eigenvalue weighted by molar-refractivity contribution is 7.19. The van der Waals surface area contributed by atoms with Gasteiger partial charge in [-0.1, -0.05) is 46.6 Å². The van der Waals surface area contributed by atoms with Crippen molar-refractivity contribution in [3.63, 3.8) is 0 Å². The summed E-state index contributed by atoms with van der Waals surface area (Å²) in [4.78, 5) is 13.1. The fraction of sp³-hybridized carbons (Fsp3) is 0.143. The number of aryl methyl sites for hydroxylation is 1. The summed E-state index contributed by atoms with van der Waals surface area (Å²) in [6.45, 7) is 3.80. The standard InChI is InChI=1S/C21H19ClN2O3S/c1-12-4-6-14(7-5-12)18(24-26)19-13(2)17(21(25)27-3)20(28-19)23-16-10-8-15(22)9-11-16/h4-11,23,26H,1-3H3/b24-18-. The van der Waals surface area contributed by atoms with Crippen LogP contribution in [0.25, 0.3) is 0 Å². The Morgan fingerprint density at radius 3 is 2.32 bits per heavy atom. The number of halogens is 1. The van der Waals surface area contributed by atoms with Gasteiger partial charge in [0, 0.05) is 16.3 Å². The maximum atomic E-state index is 12.4.